The van der Waals surface area contributed by atoms with Gasteiger partial charge in [-0.15, -0.1) is 0 Å². The van der Waals surface area contributed by atoms with Crippen molar-refractivity contribution in [3.63, 3.8) is 0 Å². The molecule has 0 unspecified atom stereocenters. The molecule has 3 rings (SSSR count). The number of hydrogen-bond acceptors (Lipinski definition) is 5. The lowest BCUT2D eigenvalue weighted by molar-refractivity contribution is 0.0158. The fourth-order valence-electron chi connectivity index (χ4n) is 3.54. The molecule has 1 fully saturated rings. The maximum atomic E-state index is 12.5. The van der Waals surface area contributed by atoms with Crippen LogP contribution in [0.25, 0.3) is 10.9 Å². The van der Waals surface area contributed by atoms with Crippen LogP contribution < -0.4 is 11.3 Å². The Hall–Kier alpha value is -2.20. The number of benzene rings is 1. The standard InChI is InChI=1S/C19H24N4O2/c1-13-9-19(24)23(17-10-14(11-20)3-4-15(13)17)8-7-22-6-5-16(21)18(12-22)25-2/h3-4,9-10,16,18H,5-8,12,21H2,1-2H3/t16-,18+/m1/s1. The van der Waals surface area contributed by atoms with E-state index in [9.17, 15) is 10.1 Å². The minimum Gasteiger partial charge on any atom is -0.379 e. The molecule has 0 amide bonds. The van der Waals surface area contributed by atoms with Crippen molar-refractivity contribution < 1.29 is 4.74 Å². The third kappa shape index (κ3) is 3.59. The van der Waals surface area contributed by atoms with E-state index in [2.05, 4.69) is 11.0 Å². The second-order valence-corrected chi connectivity index (χ2v) is 6.69. The van der Waals surface area contributed by atoms with Gasteiger partial charge in [0.25, 0.3) is 5.56 Å². The SMILES string of the molecule is CO[C@H]1CN(CCn2c(=O)cc(C)c3ccc(C#N)cc32)CC[C@H]1N. The molecule has 2 N–H and O–H groups in total. The number of aromatic nitrogens is 1. The Morgan fingerprint density at radius 1 is 1.36 bits per heavy atom. The average molecular weight is 340 g/mol. The summed E-state index contributed by atoms with van der Waals surface area (Å²) in [6.45, 7) is 4.94. The summed E-state index contributed by atoms with van der Waals surface area (Å²) in [6.07, 6.45) is 0.922. The zero-order valence-corrected chi connectivity index (χ0v) is 14.7. The summed E-state index contributed by atoms with van der Waals surface area (Å²) in [5.41, 5.74) is 8.36. The molecule has 6 heteroatoms. The molecule has 6 nitrogen and oxygen atoms in total. The lowest BCUT2D eigenvalue weighted by Crippen LogP contribution is -2.52. The van der Waals surface area contributed by atoms with Gasteiger partial charge in [-0.2, -0.15) is 5.26 Å². The van der Waals surface area contributed by atoms with E-state index in [4.69, 9.17) is 10.5 Å². The highest BCUT2D eigenvalue weighted by Gasteiger charge is 2.26. The first-order chi connectivity index (χ1) is 12.0. The van der Waals surface area contributed by atoms with Gasteiger partial charge < -0.3 is 15.0 Å². The van der Waals surface area contributed by atoms with Crippen molar-refractivity contribution in [2.75, 3.05) is 26.7 Å². The van der Waals surface area contributed by atoms with Crippen LogP contribution in [0.15, 0.2) is 29.1 Å². The summed E-state index contributed by atoms with van der Waals surface area (Å²) >= 11 is 0. The molecule has 1 aromatic heterocycles. The highest BCUT2D eigenvalue weighted by molar-refractivity contribution is 5.83. The molecular weight excluding hydrogens is 316 g/mol. The minimum atomic E-state index is -0.0305. The van der Waals surface area contributed by atoms with Crippen LogP contribution in [-0.2, 0) is 11.3 Å². The first-order valence-corrected chi connectivity index (χ1v) is 8.58. The summed E-state index contributed by atoms with van der Waals surface area (Å²) in [4.78, 5) is 14.8. The lowest BCUT2D eigenvalue weighted by Gasteiger charge is -2.36. The minimum absolute atomic E-state index is 0.0305. The second-order valence-electron chi connectivity index (χ2n) is 6.69. The third-order valence-electron chi connectivity index (χ3n) is 5.09. The van der Waals surface area contributed by atoms with E-state index in [1.165, 1.54) is 0 Å². The number of hydrogen-bond donors (Lipinski definition) is 1. The average Bonchev–Trinajstić information content (AvgIpc) is 2.62. The molecule has 0 spiro atoms. The number of ether oxygens (including phenoxy) is 1. The molecule has 2 heterocycles. The summed E-state index contributed by atoms with van der Waals surface area (Å²) in [5.74, 6) is 0. The molecule has 0 bridgehead atoms. The number of nitriles is 1. The lowest BCUT2D eigenvalue weighted by atomic mass is 10.0. The topological polar surface area (TPSA) is 84.3 Å². The van der Waals surface area contributed by atoms with Gasteiger partial charge in [-0.3, -0.25) is 9.69 Å². The Morgan fingerprint density at radius 2 is 2.16 bits per heavy atom. The van der Waals surface area contributed by atoms with Crippen LogP contribution in [0.4, 0.5) is 0 Å². The van der Waals surface area contributed by atoms with Gasteiger partial charge >= 0.3 is 0 Å². The van der Waals surface area contributed by atoms with E-state index in [0.717, 1.165) is 42.5 Å². The van der Waals surface area contributed by atoms with Crippen LogP contribution >= 0.6 is 0 Å². The summed E-state index contributed by atoms with van der Waals surface area (Å²) in [5, 5.41) is 10.2. The van der Waals surface area contributed by atoms with Crippen molar-refractivity contribution in [1.82, 2.24) is 9.47 Å². The molecule has 1 aromatic carbocycles. The third-order valence-corrected chi connectivity index (χ3v) is 5.09. The number of nitrogens with two attached hydrogens (primary N) is 1. The second kappa shape index (κ2) is 7.36. The molecule has 1 saturated heterocycles. The van der Waals surface area contributed by atoms with Crippen LogP contribution in [0, 0.1) is 18.3 Å². The van der Waals surface area contributed by atoms with Gasteiger partial charge in [-0.25, -0.2) is 0 Å². The van der Waals surface area contributed by atoms with Gasteiger partial charge in [0.05, 0.1) is 23.3 Å². The molecule has 0 aliphatic carbocycles. The van der Waals surface area contributed by atoms with Gasteiger partial charge in [0, 0.05) is 44.2 Å². The van der Waals surface area contributed by atoms with Crippen LogP contribution in [0.1, 0.15) is 17.5 Å². The highest BCUT2D eigenvalue weighted by atomic mass is 16.5. The van der Waals surface area contributed by atoms with Crippen molar-refractivity contribution in [2.24, 2.45) is 5.73 Å². The Balaban J connectivity index is 1.86. The Labute approximate surface area is 147 Å². The Kier molecular flexibility index (Phi) is 5.19. The van der Waals surface area contributed by atoms with Gasteiger partial charge in [-0.05, 0) is 37.6 Å². The Morgan fingerprint density at radius 3 is 2.88 bits per heavy atom. The zero-order chi connectivity index (χ0) is 18.0. The molecule has 2 aromatic rings. The quantitative estimate of drug-likeness (QED) is 0.905. The first-order valence-electron chi connectivity index (χ1n) is 8.58. The molecule has 25 heavy (non-hydrogen) atoms. The summed E-state index contributed by atoms with van der Waals surface area (Å²) < 4.78 is 7.22. The maximum absolute atomic E-state index is 12.5. The van der Waals surface area contributed by atoms with Gasteiger partial charge in [-0.1, -0.05) is 6.07 Å². The number of rotatable bonds is 4. The van der Waals surface area contributed by atoms with Gasteiger partial charge in [0.1, 0.15) is 0 Å². The molecule has 0 saturated carbocycles. The smallest absolute Gasteiger partial charge is 0.251 e. The first kappa shape index (κ1) is 17.6. The summed E-state index contributed by atoms with van der Waals surface area (Å²) in [6, 6.07) is 9.40. The number of fused-ring (bicyclic) bond motifs is 1. The van der Waals surface area contributed by atoms with E-state index in [0.29, 0.717) is 12.1 Å². The number of likely N-dealkylation sites (tertiary alicyclic amines) is 1. The molecule has 0 radical (unpaired) electrons. The van der Waals surface area contributed by atoms with Crippen molar-refractivity contribution in [1.29, 1.82) is 5.26 Å². The van der Waals surface area contributed by atoms with Crippen molar-refractivity contribution in [2.45, 2.75) is 32.0 Å². The fourth-order valence-corrected chi connectivity index (χ4v) is 3.54. The van der Waals surface area contributed by atoms with E-state index < -0.39 is 0 Å². The van der Waals surface area contributed by atoms with Crippen LogP contribution in [0.2, 0.25) is 0 Å². The number of pyridine rings is 1. The fraction of sp³-hybridized carbons (Fsp3) is 0.474. The van der Waals surface area contributed by atoms with Crippen LogP contribution in [0.3, 0.4) is 0 Å². The van der Waals surface area contributed by atoms with E-state index in [-0.39, 0.29) is 17.7 Å². The van der Waals surface area contributed by atoms with E-state index in [1.807, 2.05) is 13.0 Å². The normalized spacial score (nSPS) is 21.4. The monoisotopic (exact) mass is 340 g/mol. The number of methoxy groups -OCH3 is 1. The number of nitrogens with zero attached hydrogens (tertiary/aromatic N) is 3. The van der Waals surface area contributed by atoms with E-state index in [1.54, 1.807) is 29.9 Å². The summed E-state index contributed by atoms with van der Waals surface area (Å²) in [7, 11) is 1.69. The van der Waals surface area contributed by atoms with Crippen LogP contribution in [0.5, 0.6) is 0 Å². The van der Waals surface area contributed by atoms with Gasteiger partial charge in [0.2, 0.25) is 0 Å². The van der Waals surface area contributed by atoms with E-state index >= 15 is 0 Å². The Bertz CT molecular complexity index is 868. The van der Waals surface area contributed by atoms with Crippen molar-refractivity contribution >= 4 is 10.9 Å². The zero-order valence-electron chi connectivity index (χ0n) is 14.7. The van der Waals surface area contributed by atoms with Crippen LogP contribution in [-0.4, -0.2) is 48.4 Å². The van der Waals surface area contributed by atoms with Gasteiger partial charge in [0.15, 0.2) is 0 Å². The largest absolute Gasteiger partial charge is 0.379 e. The molecule has 2 atom stereocenters. The predicted octanol–water partition coefficient (Wildman–Crippen LogP) is 1.23. The van der Waals surface area contributed by atoms with Crippen molar-refractivity contribution in [3.05, 3.63) is 45.7 Å². The molecule has 1 aliphatic heterocycles. The van der Waals surface area contributed by atoms with Crippen molar-refractivity contribution in [3.8, 4) is 6.07 Å². The predicted molar refractivity (Wildman–Crippen MR) is 97.5 cm³/mol. The molecule has 132 valence electrons. The molecule has 1 aliphatic rings. The number of aryl methyl sites for hydroxylation is 1. The molecular formula is C19H24N4O2. The maximum Gasteiger partial charge on any atom is 0.251 e. The highest BCUT2D eigenvalue weighted by Crippen LogP contribution is 2.19. The number of piperidine rings is 1.